The van der Waals surface area contributed by atoms with Crippen LogP contribution in [0.25, 0.3) is 83.7 Å². The summed E-state index contributed by atoms with van der Waals surface area (Å²) in [5.41, 5.74) is 10.1. The molecule has 4 heteroatoms. The van der Waals surface area contributed by atoms with Crippen LogP contribution in [0.15, 0.2) is 168 Å². The van der Waals surface area contributed by atoms with E-state index in [1.54, 1.807) is 0 Å². The molecule has 9 aromatic rings. The molecule has 0 atom stereocenters. The van der Waals surface area contributed by atoms with E-state index in [9.17, 15) is 0 Å². The van der Waals surface area contributed by atoms with Crippen molar-refractivity contribution >= 4 is 32.8 Å². The highest BCUT2D eigenvalue weighted by Crippen LogP contribution is 2.40. The molecule has 0 bridgehead atoms. The van der Waals surface area contributed by atoms with E-state index < -0.39 is 0 Å². The van der Waals surface area contributed by atoms with Crippen molar-refractivity contribution in [3.8, 4) is 50.9 Å². The van der Waals surface area contributed by atoms with Gasteiger partial charge in [-0.1, -0.05) is 109 Å². The first-order chi connectivity index (χ1) is 22.8. The van der Waals surface area contributed by atoms with Gasteiger partial charge in [0.05, 0.1) is 27.8 Å². The number of benzene rings is 6. The van der Waals surface area contributed by atoms with Crippen molar-refractivity contribution in [2.45, 2.75) is 0 Å². The highest BCUT2D eigenvalue weighted by molar-refractivity contribution is 6.20. The molecule has 0 radical (unpaired) electrons. The third kappa shape index (κ3) is 4.39. The molecule has 0 saturated heterocycles. The van der Waals surface area contributed by atoms with Crippen LogP contribution in [0.2, 0.25) is 0 Å². The first kappa shape index (κ1) is 26.2. The van der Waals surface area contributed by atoms with E-state index >= 15 is 0 Å². The van der Waals surface area contributed by atoms with E-state index in [1.165, 1.54) is 0 Å². The van der Waals surface area contributed by atoms with Crippen molar-refractivity contribution in [2.75, 3.05) is 0 Å². The van der Waals surface area contributed by atoms with Crippen LogP contribution in [0.4, 0.5) is 0 Å². The van der Waals surface area contributed by atoms with Gasteiger partial charge < -0.3 is 8.98 Å². The summed E-state index contributed by atoms with van der Waals surface area (Å²) in [7, 11) is 0. The Bertz CT molecular complexity index is 2440. The van der Waals surface area contributed by atoms with Gasteiger partial charge in [-0.15, -0.1) is 0 Å². The molecule has 4 nitrogen and oxygen atoms in total. The topological polar surface area (TPSA) is 43.9 Å². The van der Waals surface area contributed by atoms with Crippen molar-refractivity contribution in [1.82, 2.24) is 14.5 Å². The Balaban J connectivity index is 1.18. The highest BCUT2D eigenvalue weighted by Gasteiger charge is 2.18. The summed E-state index contributed by atoms with van der Waals surface area (Å²) in [6.07, 6.45) is 0. The molecule has 3 aromatic heterocycles. The van der Waals surface area contributed by atoms with Crippen molar-refractivity contribution in [2.24, 2.45) is 0 Å². The van der Waals surface area contributed by atoms with Crippen LogP contribution in [0, 0.1) is 0 Å². The Labute approximate surface area is 265 Å². The van der Waals surface area contributed by atoms with Gasteiger partial charge in [0.1, 0.15) is 11.3 Å². The first-order valence-electron chi connectivity index (χ1n) is 15.4. The van der Waals surface area contributed by atoms with Crippen LogP contribution in [0.5, 0.6) is 0 Å². The Hall–Kier alpha value is -6.26. The lowest BCUT2D eigenvalue weighted by Crippen LogP contribution is -1.97. The van der Waals surface area contributed by atoms with E-state index in [1.807, 2.05) is 54.6 Å². The number of aromatic nitrogens is 3. The molecule has 0 unspecified atom stereocenters. The largest absolute Gasteiger partial charge is 0.455 e. The van der Waals surface area contributed by atoms with Crippen LogP contribution in [-0.4, -0.2) is 14.5 Å². The average Bonchev–Trinajstić information content (AvgIpc) is 3.72. The minimum absolute atomic E-state index is 0.694. The van der Waals surface area contributed by atoms with Gasteiger partial charge in [-0.2, -0.15) is 0 Å². The van der Waals surface area contributed by atoms with Gasteiger partial charge in [-0.25, -0.2) is 9.97 Å². The molecule has 9 rings (SSSR count). The fraction of sp³-hybridized carbons (Fsp3) is 0. The molecular formula is C42H27N3O. The van der Waals surface area contributed by atoms with E-state index in [0.717, 1.165) is 77.9 Å². The third-order valence-electron chi connectivity index (χ3n) is 8.63. The van der Waals surface area contributed by atoms with Crippen LogP contribution < -0.4 is 0 Å². The zero-order valence-corrected chi connectivity index (χ0v) is 24.8. The Kier molecular flexibility index (Phi) is 6.10. The second-order valence-corrected chi connectivity index (χ2v) is 11.4. The minimum Gasteiger partial charge on any atom is -0.455 e. The lowest BCUT2D eigenvalue weighted by molar-refractivity contribution is 0.635. The van der Waals surface area contributed by atoms with E-state index in [0.29, 0.717) is 5.82 Å². The normalized spacial score (nSPS) is 11.5. The standard InChI is InChI=1S/C42H27N3O/c1-4-12-28(13-5-1)35-27-36(29-14-6-2-7-15-29)44-42(43-35)31-20-23-33(24-21-31)45-37-19-11-10-18-34(37)40-38(45)25-22-32-26-39(46-41(32)40)30-16-8-3-9-17-30/h1-27H. The summed E-state index contributed by atoms with van der Waals surface area (Å²) in [5, 5.41) is 3.37. The Morgan fingerprint density at radius 3 is 1.70 bits per heavy atom. The van der Waals surface area contributed by atoms with Gasteiger partial charge in [0.2, 0.25) is 0 Å². The molecule has 0 saturated carbocycles. The van der Waals surface area contributed by atoms with Crippen molar-refractivity contribution < 1.29 is 4.42 Å². The van der Waals surface area contributed by atoms with Crippen molar-refractivity contribution in [3.63, 3.8) is 0 Å². The second-order valence-electron chi connectivity index (χ2n) is 11.4. The van der Waals surface area contributed by atoms with Crippen LogP contribution in [0.3, 0.4) is 0 Å². The van der Waals surface area contributed by atoms with Crippen molar-refractivity contribution in [3.05, 3.63) is 164 Å². The smallest absolute Gasteiger partial charge is 0.160 e. The summed E-state index contributed by atoms with van der Waals surface area (Å²) >= 11 is 0. The van der Waals surface area contributed by atoms with Gasteiger partial charge in [0, 0.05) is 38.7 Å². The zero-order valence-electron chi connectivity index (χ0n) is 24.8. The number of para-hydroxylation sites is 1. The molecule has 0 aliphatic heterocycles. The van der Waals surface area contributed by atoms with E-state index in [4.69, 9.17) is 14.4 Å². The van der Waals surface area contributed by atoms with Crippen molar-refractivity contribution in [1.29, 1.82) is 0 Å². The van der Waals surface area contributed by atoms with Gasteiger partial charge in [0.25, 0.3) is 0 Å². The summed E-state index contributed by atoms with van der Waals surface area (Å²) < 4.78 is 8.88. The Morgan fingerprint density at radius 1 is 0.457 bits per heavy atom. The quantitative estimate of drug-likeness (QED) is 0.201. The summed E-state index contributed by atoms with van der Waals surface area (Å²) in [4.78, 5) is 10.0. The highest BCUT2D eigenvalue weighted by atomic mass is 16.3. The third-order valence-corrected chi connectivity index (χ3v) is 8.63. The molecule has 216 valence electrons. The lowest BCUT2D eigenvalue weighted by Gasteiger charge is -2.11. The summed E-state index contributed by atoms with van der Waals surface area (Å²) in [5.74, 6) is 1.57. The number of furan rings is 1. The predicted molar refractivity (Wildman–Crippen MR) is 188 cm³/mol. The molecule has 0 fully saturated rings. The SMILES string of the molecule is c1ccc(-c2cc(-c3ccccc3)nc(-c3ccc(-n4c5ccccc5c5c6oc(-c7ccccc7)cc6ccc54)cc3)n2)cc1. The zero-order chi connectivity index (χ0) is 30.5. The number of hydrogen-bond acceptors (Lipinski definition) is 3. The molecule has 6 aromatic carbocycles. The number of hydrogen-bond donors (Lipinski definition) is 0. The molecule has 0 amide bonds. The molecule has 0 N–H and O–H groups in total. The monoisotopic (exact) mass is 589 g/mol. The molecule has 0 aliphatic carbocycles. The number of rotatable bonds is 5. The van der Waals surface area contributed by atoms with Crippen LogP contribution >= 0.6 is 0 Å². The van der Waals surface area contributed by atoms with E-state index in [-0.39, 0.29) is 0 Å². The molecule has 0 spiro atoms. The molecule has 3 heterocycles. The number of fused-ring (bicyclic) bond motifs is 5. The summed E-state index contributed by atoms with van der Waals surface area (Å²) in [6.45, 7) is 0. The van der Waals surface area contributed by atoms with Crippen LogP contribution in [-0.2, 0) is 0 Å². The van der Waals surface area contributed by atoms with Gasteiger partial charge in [0.15, 0.2) is 5.82 Å². The fourth-order valence-corrected chi connectivity index (χ4v) is 6.42. The van der Waals surface area contributed by atoms with Gasteiger partial charge in [-0.3, -0.25) is 0 Å². The van der Waals surface area contributed by atoms with Gasteiger partial charge in [-0.05, 0) is 54.6 Å². The first-order valence-corrected chi connectivity index (χ1v) is 15.4. The maximum absolute atomic E-state index is 6.57. The molecule has 0 aliphatic rings. The fourth-order valence-electron chi connectivity index (χ4n) is 6.42. The average molecular weight is 590 g/mol. The van der Waals surface area contributed by atoms with E-state index in [2.05, 4.69) is 114 Å². The van der Waals surface area contributed by atoms with Crippen LogP contribution in [0.1, 0.15) is 0 Å². The lowest BCUT2D eigenvalue weighted by atomic mass is 10.1. The maximum atomic E-state index is 6.57. The number of nitrogens with zero attached hydrogens (tertiary/aromatic N) is 3. The molecular weight excluding hydrogens is 562 g/mol. The molecule has 46 heavy (non-hydrogen) atoms. The summed E-state index contributed by atoms with van der Waals surface area (Å²) in [6, 6.07) is 56.5. The minimum atomic E-state index is 0.694. The Morgan fingerprint density at radius 2 is 1.04 bits per heavy atom. The van der Waals surface area contributed by atoms with Gasteiger partial charge >= 0.3 is 0 Å². The second kappa shape index (κ2) is 10.7. The predicted octanol–water partition coefficient (Wildman–Crippen LogP) is 11.0. The maximum Gasteiger partial charge on any atom is 0.160 e.